The van der Waals surface area contributed by atoms with Gasteiger partial charge in [-0.1, -0.05) is 0 Å². The number of rotatable bonds is 1. The molecule has 58 valence electrons. The number of primary amides is 1. The van der Waals surface area contributed by atoms with Crippen molar-refractivity contribution in [3.63, 3.8) is 0 Å². The van der Waals surface area contributed by atoms with E-state index in [1.807, 2.05) is 0 Å². The van der Waals surface area contributed by atoms with Crippen LogP contribution in [0, 0.1) is 0 Å². The van der Waals surface area contributed by atoms with Gasteiger partial charge in [0.1, 0.15) is 0 Å². The molecule has 1 rings (SSSR count). The van der Waals surface area contributed by atoms with Crippen molar-refractivity contribution in [1.82, 2.24) is 5.32 Å². The summed E-state index contributed by atoms with van der Waals surface area (Å²) in [6, 6.07) is -0.714. The summed E-state index contributed by atoms with van der Waals surface area (Å²) in [7, 11) is 0. The highest BCUT2D eigenvalue weighted by Gasteiger charge is 2.26. The fraction of sp³-hybridized carbons (Fsp3) is 0.800. The summed E-state index contributed by atoms with van der Waals surface area (Å²) in [5, 5.41) is 11.6. The van der Waals surface area contributed by atoms with Crippen molar-refractivity contribution in [2.24, 2.45) is 5.73 Å². The Hall–Kier alpha value is -0.420. The Kier molecular flexibility index (Phi) is 2.39. The van der Waals surface area contributed by atoms with Gasteiger partial charge in [-0.15, -0.1) is 0 Å². The lowest BCUT2D eigenvalue weighted by Gasteiger charge is -2.12. The maximum absolute atomic E-state index is 10.3. The first kappa shape index (κ1) is 7.68. The monoisotopic (exact) mass is 162 g/mol. The smallest absolute Gasteiger partial charge is 0.312 e. The highest BCUT2D eigenvalue weighted by molar-refractivity contribution is 7.99. The van der Waals surface area contributed by atoms with Gasteiger partial charge in [0.15, 0.2) is 0 Å². The van der Waals surface area contributed by atoms with E-state index in [4.69, 9.17) is 10.8 Å². The van der Waals surface area contributed by atoms with Crippen molar-refractivity contribution in [3.05, 3.63) is 0 Å². The molecule has 0 aliphatic carbocycles. The Morgan fingerprint density at radius 2 is 2.40 bits per heavy atom. The van der Waals surface area contributed by atoms with Gasteiger partial charge in [-0.2, -0.15) is 11.8 Å². The lowest BCUT2D eigenvalue weighted by Crippen LogP contribution is -2.44. The molecule has 0 saturated carbocycles. The Morgan fingerprint density at radius 3 is 2.80 bits per heavy atom. The summed E-state index contributed by atoms with van der Waals surface area (Å²) in [5.41, 5.74) is 4.86. The molecule has 0 radical (unpaired) electrons. The average Bonchev–Trinajstić information content (AvgIpc) is 2.15. The number of nitrogens with one attached hydrogen (secondary N) is 1. The number of amides is 2. The molecule has 2 amide bonds. The van der Waals surface area contributed by atoms with Crippen molar-refractivity contribution in [2.75, 3.05) is 11.5 Å². The van der Waals surface area contributed by atoms with E-state index in [9.17, 15) is 4.79 Å². The summed E-state index contributed by atoms with van der Waals surface area (Å²) < 4.78 is 0. The van der Waals surface area contributed by atoms with Crippen LogP contribution in [-0.4, -0.2) is 34.8 Å². The van der Waals surface area contributed by atoms with Gasteiger partial charge in [0.2, 0.25) is 0 Å². The van der Waals surface area contributed by atoms with Gasteiger partial charge in [0.05, 0.1) is 12.1 Å². The average molecular weight is 162 g/mol. The molecule has 0 spiro atoms. The quantitative estimate of drug-likeness (QED) is 0.469. The van der Waals surface area contributed by atoms with Crippen molar-refractivity contribution in [3.8, 4) is 0 Å². The predicted octanol–water partition coefficient (Wildman–Crippen LogP) is -0.869. The number of carbonyl (C=O) groups is 1. The van der Waals surface area contributed by atoms with Crippen LogP contribution in [0.15, 0.2) is 0 Å². The molecule has 0 bridgehead atoms. The molecule has 0 aromatic carbocycles. The molecule has 1 aliphatic rings. The van der Waals surface area contributed by atoms with E-state index >= 15 is 0 Å². The number of aliphatic hydroxyl groups is 1. The van der Waals surface area contributed by atoms with E-state index in [2.05, 4.69) is 5.32 Å². The van der Waals surface area contributed by atoms with Gasteiger partial charge in [-0.3, -0.25) is 0 Å². The van der Waals surface area contributed by atoms with E-state index in [1.54, 1.807) is 11.8 Å². The van der Waals surface area contributed by atoms with Crippen LogP contribution in [0.1, 0.15) is 0 Å². The number of nitrogens with two attached hydrogens (primary N) is 1. The molecule has 1 fully saturated rings. The molecule has 1 saturated heterocycles. The lowest BCUT2D eigenvalue weighted by molar-refractivity contribution is 0.167. The summed E-state index contributed by atoms with van der Waals surface area (Å²) in [4.78, 5) is 10.3. The molecule has 4 nitrogen and oxygen atoms in total. The lowest BCUT2D eigenvalue weighted by atomic mass is 10.2. The van der Waals surface area contributed by atoms with E-state index in [1.165, 1.54) is 0 Å². The molecule has 4 N–H and O–H groups in total. The largest absolute Gasteiger partial charge is 0.390 e. The molecular weight excluding hydrogens is 152 g/mol. The highest BCUT2D eigenvalue weighted by Crippen LogP contribution is 2.17. The van der Waals surface area contributed by atoms with Crippen LogP contribution < -0.4 is 11.1 Å². The molecule has 0 aromatic heterocycles. The zero-order chi connectivity index (χ0) is 7.56. The van der Waals surface area contributed by atoms with Crippen LogP contribution in [0.25, 0.3) is 0 Å². The second-order valence-corrected chi connectivity index (χ2v) is 3.29. The van der Waals surface area contributed by atoms with E-state index in [0.29, 0.717) is 5.75 Å². The van der Waals surface area contributed by atoms with Crippen LogP contribution in [-0.2, 0) is 0 Å². The minimum atomic E-state index is -0.563. The van der Waals surface area contributed by atoms with Crippen molar-refractivity contribution >= 4 is 17.8 Å². The first-order valence-corrected chi connectivity index (χ1v) is 4.17. The Bertz CT molecular complexity index is 142. The summed E-state index contributed by atoms with van der Waals surface area (Å²) in [6.07, 6.45) is -0.433. The summed E-state index contributed by atoms with van der Waals surface area (Å²) >= 11 is 1.61. The van der Waals surface area contributed by atoms with Gasteiger partial charge in [0, 0.05) is 11.5 Å². The normalized spacial score (nSPS) is 32.1. The predicted molar refractivity (Wildman–Crippen MR) is 39.8 cm³/mol. The Balaban J connectivity index is 2.33. The van der Waals surface area contributed by atoms with Gasteiger partial charge < -0.3 is 16.2 Å². The minimum absolute atomic E-state index is 0.150. The third-order valence-corrected chi connectivity index (χ3v) is 2.55. The van der Waals surface area contributed by atoms with Gasteiger partial charge >= 0.3 is 6.03 Å². The number of aliphatic hydroxyl groups excluding tert-OH is 1. The zero-order valence-electron chi connectivity index (χ0n) is 5.41. The minimum Gasteiger partial charge on any atom is -0.390 e. The van der Waals surface area contributed by atoms with Crippen LogP contribution in [0.3, 0.4) is 0 Å². The highest BCUT2D eigenvalue weighted by atomic mass is 32.2. The van der Waals surface area contributed by atoms with Crippen LogP contribution in [0.4, 0.5) is 4.79 Å². The van der Waals surface area contributed by atoms with E-state index in [0.717, 1.165) is 5.75 Å². The molecular formula is C5H10N2O2S. The number of hydrogen-bond donors (Lipinski definition) is 3. The van der Waals surface area contributed by atoms with Crippen LogP contribution in [0.5, 0.6) is 0 Å². The van der Waals surface area contributed by atoms with Gasteiger partial charge in [-0.25, -0.2) is 4.79 Å². The van der Waals surface area contributed by atoms with E-state index < -0.39 is 12.1 Å². The standard InChI is InChI=1S/C5H10N2O2S/c6-5(9)7-3-1-10-2-4(3)8/h3-4,8H,1-2H2,(H3,6,7,9). The van der Waals surface area contributed by atoms with Gasteiger partial charge in [-0.05, 0) is 0 Å². The number of urea groups is 1. The first-order chi connectivity index (χ1) is 4.70. The fourth-order valence-corrected chi connectivity index (χ4v) is 2.03. The second-order valence-electron chi connectivity index (χ2n) is 2.22. The summed E-state index contributed by atoms with van der Waals surface area (Å²) in [6.45, 7) is 0. The molecule has 2 unspecified atom stereocenters. The van der Waals surface area contributed by atoms with Gasteiger partial charge in [0.25, 0.3) is 0 Å². The number of carbonyl (C=O) groups excluding carboxylic acids is 1. The Labute approximate surface area is 63.2 Å². The Morgan fingerprint density at radius 1 is 1.70 bits per heavy atom. The van der Waals surface area contributed by atoms with Crippen molar-refractivity contribution in [1.29, 1.82) is 0 Å². The first-order valence-electron chi connectivity index (χ1n) is 3.02. The van der Waals surface area contributed by atoms with Crippen molar-refractivity contribution < 1.29 is 9.90 Å². The molecule has 2 atom stereocenters. The molecule has 1 aliphatic heterocycles. The SMILES string of the molecule is NC(=O)NC1CSCC1O. The van der Waals surface area contributed by atoms with Crippen LogP contribution >= 0.6 is 11.8 Å². The third-order valence-electron chi connectivity index (χ3n) is 1.38. The molecule has 0 aromatic rings. The number of thioether (sulfide) groups is 1. The maximum atomic E-state index is 10.3. The maximum Gasteiger partial charge on any atom is 0.312 e. The van der Waals surface area contributed by atoms with Crippen LogP contribution in [0.2, 0.25) is 0 Å². The molecule has 10 heavy (non-hydrogen) atoms. The third kappa shape index (κ3) is 1.78. The molecule has 1 heterocycles. The summed E-state index contributed by atoms with van der Waals surface area (Å²) in [5.74, 6) is 1.44. The molecule has 5 heteroatoms. The van der Waals surface area contributed by atoms with E-state index in [-0.39, 0.29) is 6.04 Å². The topological polar surface area (TPSA) is 75.4 Å². The second kappa shape index (κ2) is 3.12. The van der Waals surface area contributed by atoms with Crippen molar-refractivity contribution in [2.45, 2.75) is 12.1 Å². The number of hydrogen-bond acceptors (Lipinski definition) is 3. The fourth-order valence-electron chi connectivity index (χ4n) is 0.864. The zero-order valence-corrected chi connectivity index (χ0v) is 6.23.